The molecule has 0 unspecified atom stereocenters. The molecule has 0 aliphatic carbocycles. The molecule has 0 aromatic heterocycles. The van der Waals surface area contributed by atoms with E-state index in [9.17, 15) is 0 Å². The first-order chi connectivity index (χ1) is 5.59. The smallest absolute Gasteiger partial charge is 0.0717 e. The predicted octanol–water partition coefficient (Wildman–Crippen LogP) is 1.80. The highest BCUT2D eigenvalue weighted by molar-refractivity contribution is 4.84. The SMILES string of the molecule is CC(C)O[C@H]1CN[C@@H](C(C)C)C1. The van der Waals surface area contributed by atoms with E-state index < -0.39 is 0 Å². The first-order valence-corrected chi connectivity index (χ1v) is 4.98. The van der Waals surface area contributed by atoms with Crippen LogP contribution in [-0.2, 0) is 4.74 Å². The van der Waals surface area contributed by atoms with Gasteiger partial charge in [-0.2, -0.15) is 0 Å². The molecule has 1 N–H and O–H groups in total. The Bertz CT molecular complexity index is 134. The molecule has 0 saturated carbocycles. The van der Waals surface area contributed by atoms with Crippen LogP contribution in [0.4, 0.5) is 0 Å². The molecule has 0 amide bonds. The largest absolute Gasteiger partial charge is 0.374 e. The average molecular weight is 171 g/mol. The molecule has 2 atom stereocenters. The number of hydrogen-bond acceptors (Lipinski definition) is 2. The van der Waals surface area contributed by atoms with Gasteiger partial charge < -0.3 is 10.1 Å². The zero-order chi connectivity index (χ0) is 9.14. The van der Waals surface area contributed by atoms with Gasteiger partial charge in [0.2, 0.25) is 0 Å². The van der Waals surface area contributed by atoms with Gasteiger partial charge >= 0.3 is 0 Å². The molecule has 1 saturated heterocycles. The van der Waals surface area contributed by atoms with Crippen LogP contribution in [0.1, 0.15) is 34.1 Å². The Morgan fingerprint density at radius 1 is 1.25 bits per heavy atom. The van der Waals surface area contributed by atoms with Crippen molar-refractivity contribution in [2.75, 3.05) is 6.54 Å². The Balaban J connectivity index is 2.26. The standard InChI is InChI=1S/C10H21NO/c1-7(2)10-5-9(6-11-10)12-8(3)4/h7-11H,5-6H2,1-4H3/t9-,10-/m1/s1. The summed E-state index contributed by atoms with van der Waals surface area (Å²) in [6, 6.07) is 0.661. The van der Waals surface area contributed by atoms with E-state index in [1.54, 1.807) is 0 Å². The van der Waals surface area contributed by atoms with Crippen molar-refractivity contribution in [3.05, 3.63) is 0 Å². The van der Waals surface area contributed by atoms with Crippen molar-refractivity contribution in [2.24, 2.45) is 5.92 Å². The van der Waals surface area contributed by atoms with Gasteiger partial charge in [0.25, 0.3) is 0 Å². The third kappa shape index (κ3) is 2.76. The van der Waals surface area contributed by atoms with E-state index in [2.05, 4.69) is 33.0 Å². The third-order valence-electron chi connectivity index (χ3n) is 2.39. The normalized spacial score (nSPS) is 30.5. The summed E-state index contributed by atoms with van der Waals surface area (Å²) in [6.07, 6.45) is 1.98. The maximum atomic E-state index is 5.73. The van der Waals surface area contributed by atoms with Crippen LogP contribution in [0.5, 0.6) is 0 Å². The number of rotatable bonds is 3. The molecule has 1 aliphatic rings. The first-order valence-electron chi connectivity index (χ1n) is 4.98. The second kappa shape index (κ2) is 4.24. The summed E-state index contributed by atoms with van der Waals surface area (Å²) in [5, 5.41) is 3.49. The highest BCUT2D eigenvalue weighted by Crippen LogP contribution is 2.17. The minimum atomic E-state index is 0.364. The molecule has 1 fully saturated rings. The van der Waals surface area contributed by atoms with E-state index in [1.807, 2.05) is 0 Å². The van der Waals surface area contributed by atoms with Crippen LogP contribution in [0.3, 0.4) is 0 Å². The van der Waals surface area contributed by atoms with Gasteiger partial charge in [-0.15, -0.1) is 0 Å². The van der Waals surface area contributed by atoms with E-state index in [0.29, 0.717) is 18.2 Å². The summed E-state index contributed by atoms with van der Waals surface area (Å²) in [7, 11) is 0. The van der Waals surface area contributed by atoms with Crippen molar-refractivity contribution in [2.45, 2.75) is 52.4 Å². The molecule has 2 heteroatoms. The van der Waals surface area contributed by atoms with Crippen LogP contribution in [0, 0.1) is 5.92 Å². The van der Waals surface area contributed by atoms with E-state index in [-0.39, 0.29) is 0 Å². The molecule has 0 radical (unpaired) electrons. The maximum absolute atomic E-state index is 5.73. The van der Waals surface area contributed by atoms with Crippen LogP contribution in [0.15, 0.2) is 0 Å². The van der Waals surface area contributed by atoms with Gasteiger partial charge in [0.15, 0.2) is 0 Å². The van der Waals surface area contributed by atoms with Crippen LogP contribution in [0.25, 0.3) is 0 Å². The minimum Gasteiger partial charge on any atom is -0.374 e. The summed E-state index contributed by atoms with van der Waals surface area (Å²) in [5.74, 6) is 0.728. The van der Waals surface area contributed by atoms with Gasteiger partial charge in [0, 0.05) is 12.6 Å². The second-order valence-electron chi connectivity index (χ2n) is 4.30. The van der Waals surface area contributed by atoms with Gasteiger partial charge in [0.05, 0.1) is 12.2 Å². The Morgan fingerprint density at radius 3 is 2.33 bits per heavy atom. The summed E-state index contributed by atoms with van der Waals surface area (Å²) >= 11 is 0. The predicted molar refractivity (Wildman–Crippen MR) is 51.3 cm³/mol. The molecule has 0 bridgehead atoms. The molecule has 72 valence electrons. The van der Waals surface area contributed by atoms with Crippen molar-refractivity contribution < 1.29 is 4.74 Å². The van der Waals surface area contributed by atoms with Crippen molar-refractivity contribution in [3.8, 4) is 0 Å². The molecule has 1 heterocycles. The zero-order valence-electron chi connectivity index (χ0n) is 8.63. The number of ether oxygens (including phenoxy) is 1. The topological polar surface area (TPSA) is 21.3 Å². The van der Waals surface area contributed by atoms with E-state index >= 15 is 0 Å². The molecule has 1 rings (SSSR count). The second-order valence-corrected chi connectivity index (χ2v) is 4.30. The minimum absolute atomic E-state index is 0.364. The Labute approximate surface area is 75.7 Å². The average Bonchev–Trinajstić information content (AvgIpc) is 2.34. The number of hydrogen-bond donors (Lipinski definition) is 1. The quantitative estimate of drug-likeness (QED) is 0.699. The molecule has 0 aromatic carbocycles. The zero-order valence-corrected chi connectivity index (χ0v) is 8.63. The summed E-state index contributed by atoms with van der Waals surface area (Å²) in [4.78, 5) is 0. The summed E-state index contributed by atoms with van der Waals surface area (Å²) < 4.78 is 5.73. The van der Waals surface area contributed by atoms with Crippen LogP contribution >= 0.6 is 0 Å². The monoisotopic (exact) mass is 171 g/mol. The molecule has 2 nitrogen and oxygen atoms in total. The molecular weight excluding hydrogens is 150 g/mol. The third-order valence-corrected chi connectivity index (χ3v) is 2.39. The van der Waals surface area contributed by atoms with Gasteiger partial charge in [-0.1, -0.05) is 13.8 Å². The number of nitrogens with one attached hydrogen (secondary N) is 1. The highest BCUT2D eigenvalue weighted by atomic mass is 16.5. The molecule has 12 heavy (non-hydrogen) atoms. The lowest BCUT2D eigenvalue weighted by Gasteiger charge is -2.16. The van der Waals surface area contributed by atoms with E-state index in [0.717, 1.165) is 12.5 Å². The molecule has 0 aromatic rings. The lowest BCUT2D eigenvalue weighted by atomic mass is 10.0. The van der Waals surface area contributed by atoms with Crippen molar-refractivity contribution >= 4 is 0 Å². The van der Waals surface area contributed by atoms with Gasteiger partial charge in [-0.25, -0.2) is 0 Å². The lowest BCUT2D eigenvalue weighted by molar-refractivity contribution is 0.0180. The lowest BCUT2D eigenvalue weighted by Crippen LogP contribution is -2.26. The van der Waals surface area contributed by atoms with Crippen molar-refractivity contribution in [1.29, 1.82) is 0 Å². The Kier molecular flexibility index (Phi) is 3.53. The fourth-order valence-electron chi connectivity index (χ4n) is 1.73. The van der Waals surface area contributed by atoms with Gasteiger partial charge in [-0.3, -0.25) is 0 Å². The van der Waals surface area contributed by atoms with E-state index in [1.165, 1.54) is 6.42 Å². The van der Waals surface area contributed by atoms with Gasteiger partial charge in [-0.05, 0) is 26.2 Å². The van der Waals surface area contributed by atoms with Gasteiger partial charge in [0.1, 0.15) is 0 Å². The Morgan fingerprint density at radius 2 is 1.92 bits per heavy atom. The van der Waals surface area contributed by atoms with Crippen molar-refractivity contribution in [3.63, 3.8) is 0 Å². The van der Waals surface area contributed by atoms with Crippen LogP contribution in [-0.4, -0.2) is 24.8 Å². The van der Waals surface area contributed by atoms with Crippen molar-refractivity contribution in [1.82, 2.24) is 5.32 Å². The fourth-order valence-corrected chi connectivity index (χ4v) is 1.73. The molecular formula is C10H21NO. The van der Waals surface area contributed by atoms with Crippen LogP contribution in [0.2, 0.25) is 0 Å². The Hall–Kier alpha value is -0.0800. The molecule has 1 aliphatic heterocycles. The summed E-state index contributed by atoms with van der Waals surface area (Å²) in [5.41, 5.74) is 0. The van der Waals surface area contributed by atoms with Crippen LogP contribution < -0.4 is 5.32 Å². The fraction of sp³-hybridized carbons (Fsp3) is 1.00. The molecule has 0 spiro atoms. The highest BCUT2D eigenvalue weighted by Gasteiger charge is 2.26. The maximum Gasteiger partial charge on any atom is 0.0717 e. The first kappa shape index (κ1) is 10.0. The van der Waals surface area contributed by atoms with E-state index in [4.69, 9.17) is 4.74 Å². The summed E-state index contributed by atoms with van der Waals surface area (Å²) in [6.45, 7) is 9.75.